The maximum absolute atomic E-state index is 12.4. The van der Waals surface area contributed by atoms with Gasteiger partial charge in [0.25, 0.3) is 10.0 Å². The minimum atomic E-state index is -3.47. The molecule has 19 heavy (non-hydrogen) atoms. The van der Waals surface area contributed by atoms with E-state index in [1.807, 2.05) is 0 Å². The molecule has 0 aromatic carbocycles. The lowest BCUT2D eigenvalue weighted by molar-refractivity contribution is 0.257. The van der Waals surface area contributed by atoms with Gasteiger partial charge >= 0.3 is 0 Å². The summed E-state index contributed by atoms with van der Waals surface area (Å²) in [7, 11) is -1.89. The Balaban J connectivity index is 0.00000180. The van der Waals surface area contributed by atoms with Gasteiger partial charge in [-0.25, -0.2) is 13.1 Å². The van der Waals surface area contributed by atoms with Crippen LogP contribution in [0.4, 0.5) is 0 Å². The molecular formula is C10H20ClN5O2S. The van der Waals surface area contributed by atoms with Crippen molar-refractivity contribution in [3.8, 4) is 0 Å². The number of hydrogen-bond acceptors (Lipinski definition) is 5. The summed E-state index contributed by atoms with van der Waals surface area (Å²) in [5.41, 5.74) is 5.54. The van der Waals surface area contributed by atoms with E-state index >= 15 is 0 Å². The lowest BCUT2D eigenvalue weighted by Crippen LogP contribution is -2.41. The Labute approximate surface area is 119 Å². The molecule has 1 atom stereocenters. The molecule has 1 fully saturated rings. The summed E-state index contributed by atoms with van der Waals surface area (Å²) >= 11 is 0. The molecular weight excluding hydrogens is 290 g/mol. The van der Waals surface area contributed by atoms with Gasteiger partial charge in [-0.15, -0.1) is 17.5 Å². The van der Waals surface area contributed by atoms with Crippen LogP contribution in [0.15, 0.2) is 11.2 Å². The summed E-state index contributed by atoms with van der Waals surface area (Å²) in [5.74, 6) is 0.361. The average molecular weight is 310 g/mol. The van der Waals surface area contributed by atoms with Crippen molar-refractivity contribution in [2.24, 2.45) is 18.7 Å². The van der Waals surface area contributed by atoms with E-state index in [1.54, 1.807) is 7.05 Å². The van der Waals surface area contributed by atoms with E-state index in [-0.39, 0.29) is 17.4 Å². The number of rotatable bonds is 4. The van der Waals surface area contributed by atoms with Gasteiger partial charge in [-0.05, 0) is 31.7 Å². The smallest absolute Gasteiger partial charge is 0.261 e. The lowest BCUT2D eigenvalue weighted by Gasteiger charge is -2.31. The van der Waals surface area contributed by atoms with E-state index in [0.29, 0.717) is 25.6 Å². The molecule has 1 unspecified atom stereocenters. The molecule has 2 heterocycles. The van der Waals surface area contributed by atoms with Gasteiger partial charge in [-0.2, -0.15) is 4.31 Å². The molecule has 0 amide bonds. The average Bonchev–Trinajstić information content (AvgIpc) is 2.77. The number of nitrogens with zero attached hydrogens (tertiary/aromatic N) is 4. The fourth-order valence-electron chi connectivity index (χ4n) is 2.36. The summed E-state index contributed by atoms with van der Waals surface area (Å²) in [6.07, 6.45) is 4.10. The van der Waals surface area contributed by atoms with Gasteiger partial charge in [-0.3, -0.25) is 0 Å². The zero-order valence-corrected chi connectivity index (χ0v) is 12.5. The normalized spacial score (nSPS) is 21.1. The van der Waals surface area contributed by atoms with Crippen LogP contribution < -0.4 is 5.73 Å². The molecule has 110 valence electrons. The second-order valence-electron chi connectivity index (χ2n) is 4.64. The van der Waals surface area contributed by atoms with E-state index in [2.05, 4.69) is 10.3 Å². The van der Waals surface area contributed by atoms with Crippen LogP contribution in [0.3, 0.4) is 0 Å². The van der Waals surface area contributed by atoms with Crippen LogP contribution in [-0.2, 0) is 17.1 Å². The number of piperidine rings is 1. The Morgan fingerprint density at radius 3 is 2.84 bits per heavy atom. The molecule has 2 N–H and O–H groups in total. The molecule has 0 saturated carbocycles. The predicted molar refractivity (Wildman–Crippen MR) is 73.4 cm³/mol. The van der Waals surface area contributed by atoms with Crippen molar-refractivity contribution >= 4 is 22.4 Å². The van der Waals surface area contributed by atoms with Crippen molar-refractivity contribution in [2.45, 2.75) is 24.3 Å². The first kappa shape index (κ1) is 16.4. The minimum absolute atomic E-state index is 0. The second kappa shape index (κ2) is 6.65. The van der Waals surface area contributed by atoms with Crippen molar-refractivity contribution in [3.63, 3.8) is 0 Å². The molecule has 7 nitrogen and oxygen atoms in total. The van der Waals surface area contributed by atoms with Crippen LogP contribution in [0.2, 0.25) is 0 Å². The summed E-state index contributed by atoms with van der Waals surface area (Å²) in [5, 5.41) is 7.45. The first-order valence-electron chi connectivity index (χ1n) is 6.10. The molecule has 1 aromatic rings. The standard InChI is InChI=1S/C10H19N5O2S.ClH/c1-14-10(7-12-13-14)18(16,17)15-6-2-3-9(8-15)4-5-11;/h7,9H,2-6,8,11H2,1H3;1H. The zero-order chi connectivity index (χ0) is 13.2. The molecule has 0 aliphatic carbocycles. The van der Waals surface area contributed by atoms with Crippen molar-refractivity contribution in [1.29, 1.82) is 0 Å². The third-order valence-electron chi connectivity index (χ3n) is 3.33. The Kier molecular flexibility index (Phi) is 5.72. The van der Waals surface area contributed by atoms with E-state index < -0.39 is 10.0 Å². The van der Waals surface area contributed by atoms with Crippen LogP contribution in [0.25, 0.3) is 0 Å². The minimum Gasteiger partial charge on any atom is -0.330 e. The quantitative estimate of drug-likeness (QED) is 0.844. The van der Waals surface area contributed by atoms with Gasteiger partial charge in [0.05, 0.1) is 6.20 Å². The number of nitrogens with two attached hydrogens (primary N) is 1. The van der Waals surface area contributed by atoms with Gasteiger partial charge < -0.3 is 5.73 Å². The van der Waals surface area contributed by atoms with E-state index in [0.717, 1.165) is 19.3 Å². The highest BCUT2D eigenvalue weighted by Gasteiger charge is 2.32. The number of aryl methyl sites for hydroxylation is 1. The SMILES string of the molecule is Cl.Cn1nncc1S(=O)(=O)N1CCCC(CCN)C1. The van der Waals surface area contributed by atoms with Crippen LogP contribution in [0, 0.1) is 5.92 Å². The van der Waals surface area contributed by atoms with E-state index in [4.69, 9.17) is 5.73 Å². The molecule has 1 aromatic heterocycles. The fourth-order valence-corrected chi connectivity index (χ4v) is 3.95. The van der Waals surface area contributed by atoms with Crippen molar-refractivity contribution < 1.29 is 8.42 Å². The Morgan fingerprint density at radius 2 is 2.26 bits per heavy atom. The van der Waals surface area contributed by atoms with Gasteiger partial charge in [0, 0.05) is 20.1 Å². The first-order valence-corrected chi connectivity index (χ1v) is 7.54. The van der Waals surface area contributed by atoms with Gasteiger partial charge in [0.15, 0.2) is 5.03 Å². The molecule has 0 spiro atoms. The van der Waals surface area contributed by atoms with Crippen LogP contribution in [0.5, 0.6) is 0 Å². The third kappa shape index (κ3) is 3.44. The summed E-state index contributed by atoms with van der Waals surface area (Å²) in [4.78, 5) is 0. The third-order valence-corrected chi connectivity index (χ3v) is 5.24. The summed E-state index contributed by atoms with van der Waals surface area (Å²) < 4.78 is 27.6. The first-order chi connectivity index (χ1) is 8.55. The van der Waals surface area contributed by atoms with E-state index in [1.165, 1.54) is 15.2 Å². The zero-order valence-electron chi connectivity index (χ0n) is 10.9. The largest absolute Gasteiger partial charge is 0.330 e. The summed E-state index contributed by atoms with van der Waals surface area (Å²) in [6, 6.07) is 0. The fraction of sp³-hybridized carbons (Fsp3) is 0.800. The van der Waals surface area contributed by atoms with Gasteiger partial charge in [0.1, 0.15) is 0 Å². The molecule has 9 heteroatoms. The molecule has 1 aliphatic rings. The van der Waals surface area contributed by atoms with Crippen LogP contribution in [0.1, 0.15) is 19.3 Å². The summed E-state index contributed by atoms with van der Waals surface area (Å²) in [6.45, 7) is 1.71. The van der Waals surface area contributed by atoms with Crippen molar-refractivity contribution in [1.82, 2.24) is 19.3 Å². The monoisotopic (exact) mass is 309 g/mol. The van der Waals surface area contributed by atoms with Gasteiger partial charge in [-0.1, -0.05) is 5.21 Å². The Morgan fingerprint density at radius 1 is 1.53 bits per heavy atom. The lowest BCUT2D eigenvalue weighted by atomic mass is 9.96. The van der Waals surface area contributed by atoms with Crippen LogP contribution >= 0.6 is 12.4 Å². The highest BCUT2D eigenvalue weighted by Crippen LogP contribution is 2.24. The van der Waals surface area contributed by atoms with Crippen molar-refractivity contribution in [3.05, 3.63) is 6.20 Å². The van der Waals surface area contributed by atoms with E-state index in [9.17, 15) is 8.42 Å². The molecule has 0 bridgehead atoms. The predicted octanol–water partition coefficient (Wildman–Crippen LogP) is -0.0136. The maximum atomic E-state index is 12.4. The van der Waals surface area contributed by atoms with Crippen LogP contribution in [-0.4, -0.2) is 47.4 Å². The van der Waals surface area contributed by atoms with Gasteiger partial charge in [0.2, 0.25) is 0 Å². The maximum Gasteiger partial charge on any atom is 0.261 e. The second-order valence-corrected chi connectivity index (χ2v) is 6.53. The topological polar surface area (TPSA) is 94.1 Å². The number of sulfonamides is 1. The number of aromatic nitrogens is 3. The highest BCUT2D eigenvalue weighted by atomic mass is 35.5. The molecule has 0 radical (unpaired) electrons. The Bertz CT molecular complexity index is 502. The van der Waals surface area contributed by atoms with Crippen molar-refractivity contribution in [2.75, 3.05) is 19.6 Å². The number of halogens is 1. The molecule has 1 aliphatic heterocycles. The Hall–Kier alpha value is -0.700. The number of hydrogen-bond donors (Lipinski definition) is 1. The highest BCUT2D eigenvalue weighted by molar-refractivity contribution is 7.89. The molecule has 2 rings (SSSR count). The molecule has 1 saturated heterocycles.